The Kier molecular flexibility index (Phi) is 6.43. The molecule has 9 heteroatoms. The van der Waals surface area contributed by atoms with Gasteiger partial charge in [0.1, 0.15) is 5.75 Å². The monoisotopic (exact) mass is 436 g/mol. The third-order valence-electron chi connectivity index (χ3n) is 5.26. The molecule has 0 radical (unpaired) electrons. The molecule has 27 heavy (non-hydrogen) atoms. The first-order valence-corrected chi connectivity index (χ1v) is 11.9. The zero-order valence-electron chi connectivity index (χ0n) is 15.0. The van der Waals surface area contributed by atoms with Gasteiger partial charge in [-0.05, 0) is 50.1 Å². The van der Waals surface area contributed by atoms with Crippen LogP contribution in [0.2, 0.25) is 0 Å². The van der Waals surface area contributed by atoms with Gasteiger partial charge in [0, 0.05) is 23.3 Å². The molecule has 0 aliphatic heterocycles. The molecular weight excluding hydrogens is 409 g/mol. The predicted molar refractivity (Wildman–Crippen MR) is 102 cm³/mol. The van der Waals surface area contributed by atoms with Crippen molar-refractivity contribution in [1.29, 1.82) is 0 Å². The fraction of sp³-hybridized carbons (Fsp3) is 0.667. The van der Waals surface area contributed by atoms with Crippen LogP contribution in [0.1, 0.15) is 87.2 Å². The summed E-state index contributed by atoms with van der Waals surface area (Å²) in [5, 5.41) is 10.8. The van der Waals surface area contributed by atoms with E-state index in [9.17, 15) is 30.3 Å². The second-order valence-corrected chi connectivity index (χ2v) is 10.1. The van der Waals surface area contributed by atoms with Crippen LogP contribution in [0.4, 0.5) is 25.2 Å². The maximum Gasteiger partial charge on any atom is 0.151 e. The van der Waals surface area contributed by atoms with Crippen molar-refractivity contribution >= 4 is 20.4 Å². The Hall–Kier alpha value is -0.620. The number of aromatic hydroxyl groups is 1. The van der Waals surface area contributed by atoms with Crippen molar-refractivity contribution in [2.24, 2.45) is 0 Å². The van der Waals surface area contributed by atoms with Crippen LogP contribution in [0.15, 0.2) is 17.0 Å². The van der Waals surface area contributed by atoms with Gasteiger partial charge >= 0.3 is 33.0 Å². The zero-order valence-corrected chi connectivity index (χ0v) is 16.9. The molecule has 3 rings (SSSR count). The molecule has 0 saturated heterocycles. The summed E-state index contributed by atoms with van der Waals surface area (Å²) >= 11 is 3.72. The Balaban J connectivity index is 0.000000321. The quantitative estimate of drug-likeness (QED) is 0.281. The molecule has 158 valence electrons. The molecule has 0 heterocycles. The molecule has 1 N–H and O–H groups in total. The molecular formula is C18H27F6OPS. The molecule has 0 aromatic heterocycles. The Morgan fingerprint density at radius 3 is 1.30 bits per heavy atom. The Bertz CT molecular complexity index is 599. The van der Waals surface area contributed by atoms with Crippen molar-refractivity contribution in [3.63, 3.8) is 0 Å². The molecule has 1 nitrogen and oxygen atoms in total. The van der Waals surface area contributed by atoms with E-state index in [1.165, 1.54) is 75.3 Å². The average molecular weight is 436 g/mol. The number of rotatable bonds is 2. The maximum absolute atomic E-state index is 10.8. The van der Waals surface area contributed by atoms with E-state index >= 15 is 0 Å². The third kappa shape index (κ3) is 8.95. The minimum atomic E-state index is -10.7. The molecule has 1 aromatic rings. The van der Waals surface area contributed by atoms with Crippen molar-refractivity contribution < 1.29 is 30.3 Å². The van der Waals surface area contributed by atoms with Crippen molar-refractivity contribution in [1.82, 2.24) is 0 Å². The molecule has 2 fully saturated rings. The standard InChI is InChI=1S/C18H26OS.F6P/c19-18-16(13-7-3-1-4-8-13)11-15(20)12-17(18)14-9-5-2-6-10-14;1-7(2,3,4,5)6/h11-14,19-20H,1-10H2;/q;-1/p+1. The smallest absolute Gasteiger partial charge is 0.151 e. The molecule has 0 bridgehead atoms. The van der Waals surface area contributed by atoms with Crippen molar-refractivity contribution in [3.8, 4) is 5.75 Å². The average Bonchev–Trinajstić information content (AvgIpc) is 2.55. The van der Waals surface area contributed by atoms with E-state index in [4.69, 9.17) is 0 Å². The number of hydrogen-bond acceptors (Lipinski definition) is 1. The van der Waals surface area contributed by atoms with Crippen LogP contribution < -0.4 is 0 Å². The van der Waals surface area contributed by atoms with Gasteiger partial charge in [-0.1, -0.05) is 38.5 Å². The maximum atomic E-state index is 10.8. The van der Waals surface area contributed by atoms with Gasteiger partial charge in [-0.2, -0.15) is 0 Å². The second-order valence-electron chi connectivity index (χ2n) is 7.63. The van der Waals surface area contributed by atoms with E-state index in [1.54, 1.807) is 0 Å². The first-order chi connectivity index (χ1) is 12.2. The predicted octanol–water partition coefficient (Wildman–Crippen LogP) is 8.24. The third-order valence-corrected chi connectivity index (χ3v) is 5.55. The Morgan fingerprint density at radius 1 is 0.704 bits per heavy atom. The topological polar surface area (TPSA) is 20.2 Å². The van der Waals surface area contributed by atoms with Gasteiger partial charge in [0.05, 0.1) is 0 Å². The van der Waals surface area contributed by atoms with Crippen LogP contribution in [0.3, 0.4) is 0 Å². The van der Waals surface area contributed by atoms with E-state index in [0.29, 0.717) is 17.6 Å². The van der Waals surface area contributed by atoms with Crippen molar-refractivity contribution in [2.75, 3.05) is 0 Å². The first-order valence-electron chi connectivity index (χ1n) is 9.35. The molecule has 0 atom stereocenters. The van der Waals surface area contributed by atoms with E-state index < -0.39 is 7.81 Å². The van der Waals surface area contributed by atoms with Gasteiger partial charge in [0.25, 0.3) is 0 Å². The van der Waals surface area contributed by atoms with Gasteiger partial charge in [-0.15, -0.1) is 0 Å². The largest absolute Gasteiger partial charge is 0.507 e. The van der Waals surface area contributed by atoms with Gasteiger partial charge < -0.3 is 5.11 Å². The number of halogens is 6. The molecule has 0 spiro atoms. The normalized spacial score (nSPS) is 22.3. The summed E-state index contributed by atoms with van der Waals surface area (Å²) in [7, 11) is -10.7. The number of phenols is 1. The summed E-state index contributed by atoms with van der Waals surface area (Å²) < 4.78 is 59.2. The summed E-state index contributed by atoms with van der Waals surface area (Å²) in [6.45, 7) is 0. The zero-order chi connectivity index (χ0) is 20.4. The van der Waals surface area contributed by atoms with Gasteiger partial charge in [0.15, 0.2) is 4.90 Å². The molecule has 2 saturated carbocycles. The van der Waals surface area contributed by atoms with E-state index in [0.717, 1.165) is 4.90 Å². The Morgan fingerprint density at radius 2 is 1.00 bits per heavy atom. The molecule has 0 amide bonds. The van der Waals surface area contributed by atoms with Crippen molar-refractivity contribution in [2.45, 2.75) is 80.9 Å². The summed E-state index contributed by atoms with van der Waals surface area (Å²) in [4.78, 5) is 1.14. The van der Waals surface area contributed by atoms with E-state index in [2.05, 4.69) is 24.8 Å². The van der Waals surface area contributed by atoms with Gasteiger partial charge in [-0.3, -0.25) is 0 Å². The van der Waals surface area contributed by atoms with Crippen molar-refractivity contribution in [3.05, 3.63) is 23.3 Å². The SMILES string of the molecule is F[P-](F)(F)(F)(F)F.Oc1c(C2CCCCC2)cc([SH2+])cc1C1CCCCC1. The fourth-order valence-electron chi connectivity index (χ4n) is 4.13. The van der Waals surface area contributed by atoms with Crippen LogP contribution in [0, 0.1) is 0 Å². The number of hydrogen-bond donors (Lipinski definition) is 1. The molecule has 0 unspecified atom stereocenters. The molecule has 1 aromatic carbocycles. The van der Waals surface area contributed by atoms with Gasteiger partial charge in [0.2, 0.25) is 0 Å². The second kappa shape index (κ2) is 7.66. The summed E-state index contributed by atoms with van der Waals surface area (Å²) in [6.07, 6.45) is 13.0. The van der Waals surface area contributed by atoms with E-state index in [1.807, 2.05) is 0 Å². The van der Waals surface area contributed by atoms with Crippen LogP contribution in [0.5, 0.6) is 5.75 Å². The van der Waals surface area contributed by atoms with Gasteiger partial charge in [-0.25, -0.2) is 0 Å². The molecule has 2 aliphatic rings. The minimum Gasteiger partial charge on any atom is -0.507 e. The first kappa shape index (κ1) is 22.7. The van der Waals surface area contributed by atoms with Crippen LogP contribution in [0.25, 0.3) is 0 Å². The summed E-state index contributed by atoms with van der Waals surface area (Å²) in [5.74, 6) is 1.76. The van der Waals surface area contributed by atoms with Crippen LogP contribution >= 0.6 is 7.81 Å². The van der Waals surface area contributed by atoms with Crippen LogP contribution in [-0.2, 0) is 12.6 Å². The van der Waals surface area contributed by atoms with Crippen LogP contribution in [-0.4, -0.2) is 5.11 Å². The number of phenolic OH excluding ortho intramolecular Hbond substituents is 1. The fourth-order valence-corrected chi connectivity index (χ4v) is 4.44. The Labute approximate surface area is 161 Å². The number of benzene rings is 1. The summed E-state index contributed by atoms with van der Waals surface area (Å²) in [5.41, 5.74) is 2.41. The van der Waals surface area contributed by atoms with E-state index in [-0.39, 0.29) is 0 Å². The minimum absolute atomic E-state index is 0.572. The summed E-state index contributed by atoms with van der Waals surface area (Å²) in [6, 6.07) is 4.32. The molecule has 2 aliphatic carbocycles.